The fourth-order valence-corrected chi connectivity index (χ4v) is 1.32. The molecule has 1 rings (SSSR count). The first kappa shape index (κ1) is 10.7. The summed E-state index contributed by atoms with van der Waals surface area (Å²) in [6.07, 6.45) is 4.75. The summed E-state index contributed by atoms with van der Waals surface area (Å²) < 4.78 is 1.70. The Hall–Kier alpha value is -1.38. The molecule has 0 amide bonds. The van der Waals surface area contributed by atoms with Crippen LogP contribution in [0.2, 0.25) is 0 Å². The van der Waals surface area contributed by atoms with Crippen molar-refractivity contribution in [3.63, 3.8) is 0 Å². The number of rotatable bonds is 4. The molecule has 1 unspecified atom stereocenters. The molecular formula is C11H16NO2+. The smallest absolute Gasteiger partial charge is 0.370 e. The second-order valence-electron chi connectivity index (χ2n) is 3.51. The molecule has 0 saturated carbocycles. The Morgan fingerprint density at radius 1 is 1.64 bits per heavy atom. The molecule has 0 saturated heterocycles. The predicted molar refractivity (Wildman–Crippen MR) is 53.0 cm³/mol. The number of pyridine rings is 1. The highest BCUT2D eigenvalue weighted by Gasteiger charge is 2.10. The van der Waals surface area contributed by atoms with Crippen LogP contribution in [0, 0.1) is 0 Å². The molecule has 0 aromatic carbocycles. The number of aliphatic carboxylic acids is 1. The summed E-state index contributed by atoms with van der Waals surface area (Å²) in [6, 6.07) is 3.93. The van der Waals surface area contributed by atoms with Gasteiger partial charge in [0, 0.05) is 11.6 Å². The molecule has 0 spiro atoms. The fraction of sp³-hybridized carbons (Fsp3) is 0.455. The standard InChI is InChI=1S/C11H15NO2/c1-3-9(2)10-5-4-6-12(7-10)8-11(13)14/h4-7,9H,3,8H2,1-2H3/p+1. The van der Waals surface area contributed by atoms with Crippen molar-refractivity contribution in [2.24, 2.45) is 0 Å². The highest BCUT2D eigenvalue weighted by Crippen LogP contribution is 2.15. The maximum absolute atomic E-state index is 10.5. The molecule has 0 radical (unpaired) electrons. The minimum Gasteiger partial charge on any atom is -0.477 e. The Labute approximate surface area is 84.0 Å². The third kappa shape index (κ3) is 2.83. The van der Waals surface area contributed by atoms with Crippen molar-refractivity contribution in [2.45, 2.75) is 32.7 Å². The van der Waals surface area contributed by atoms with Crippen molar-refractivity contribution in [3.8, 4) is 0 Å². The first-order valence-corrected chi connectivity index (χ1v) is 4.84. The van der Waals surface area contributed by atoms with E-state index in [1.54, 1.807) is 10.8 Å². The minimum absolute atomic E-state index is 0.0320. The first-order chi connectivity index (χ1) is 6.63. The maximum atomic E-state index is 10.5. The Balaban J connectivity index is 2.83. The number of carboxylic acids is 1. The quantitative estimate of drug-likeness (QED) is 0.739. The summed E-state index contributed by atoms with van der Waals surface area (Å²) in [7, 11) is 0. The lowest BCUT2D eigenvalue weighted by atomic mass is 10.0. The summed E-state index contributed by atoms with van der Waals surface area (Å²) in [6.45, 7) is 4.30. The zero-order chi connectivity index (χ0) is 10.6. The van der Waals surface area contributed by atoms with Gasteiger partial charge in [0.15, 0.2) is 12.4 Å². The van der Waals surface area contributed by atoms with Crippen molar-refractivity contribution >= 4 is 5.97 Å². The zero-order valence-electron chi connectivity index (χ0n) is 8.60. The predicted octanol–water partition coefficient (Wildman–Crippen LogP) is 1.57. The monoisotopic (exact) mass is 194 g/mol. The van der Waals surface area contributed by atoms with E-state index >= 15 is 0 Å². The molecule has 0 aliphatic carbocycles. The summed E-state index contributed by atoms with van der Waals surface area (Å²) in [5.41, 5.74) is 1.19. The lowest BCUT2D eigenvalue weighted by Crippen LogP contribution is -2.37. The van der Waals surface area contributed by atoms with Gasteiger partial charge in [-0.25, -0.2) is 4.79 Å². The zero-order valence-corrected chi connectivity index (χ0v) is 8.60. The van der Waals surface area contributed by atoms with Gasteiger partial charge in [-0.15, -0.1) is 0 Å². The molecule has 1 N–H and O–H groups in total. The molecule has 0 aliphatic rings. The van der Waals surface area contributed by atoms with Gasteiger partial charge < -0.3 is 5.11 Å². The lowest BCUT2D eigenvalue weighted by Gasteiger charge is -2.06. The summed E-state index contributed by atoms with van der Waals surface area (Å²) in [5, 5.41) is 8.63. The van der Waals surface area contributed by atoms with E-state index in [1.165, 1.54) is 5.56 Å². The Bertz CT molecular complexity index is 323. The second-order valence-corrected chi connectivity index (χ2v) is 3.51. The molecule has 1 atom stereocenters. The molecule has 1 aromatic heterocycles. The fourth-order valence-electron chi connectivity index (χ4n) is 1.32. The number of hydrogen-bond acceptors (Lipinski definition) is 1. The molecule has 76 valence electrons. The molecule has 3 nitrogen and oxygen atoms in total. The molecule has 0 fully saturated rings. The van der Waals surface area contributed by atoms with E-state index in [0.29, 0.717) is 5.92 Å². The minimum atomic E-state index is -0.809. The summed E-state index contributed by atoms with van der Waals surface area (Å²) >= 11 is 0. The Morgan fingerprint density at radius 2 is 2.36 bits per heavy atom. The number of carboxylic acid groups (broad SMARTS) is 1. The normalized spacial score (nSPS) is 12.4. The third-order valence-corrected chi connectivity index (χ3v) is 2.38. The van der Waals surface area contributed by atoms with E-state index in [4.69, 9.17) is 5.11 Å². The largest absolute Gasteiger partial charge is 0.477 e. The Morgan fingerprint density at radius 3 is 2.93 bits per heavy atom. The Kier molecular flexibility index (Phi) is 3.63. The van der Waals surface area contributed by atoms with Crippen LogP contribution >= 0.6 is 0 Å². The SMILES string of the molecule is CCC(C)c1ccc[n+](CC(=O)O)c1. The average Bonchev–Trinajstić information content (AvgIpc) is 2.16. The van der Waals surface area contributed by atoms with Crippen LogP contribution in [0.25, 0.3) is 0 Å². The molecule has 14 heavy (non-hydrogen) atoms. The molecule has 1 aromatic rings. The highest BCUT2D eigenvalue weighted by atomic mass is 16.4. The van der Waals surface area contributed by atoms with E-state index in [-0.39, 0.29) is 6.54 Å². The molecular weight excluding hydrogens is 178 g/mol. The van der Waals surface area contributed by atoms with Crippen molar-refractivity contribution in [1.82, 2.24) is 0 Å². The van der Waals surface area contributed by atoms with Crippen LogP contribution in [0.3, 0.4) is 0 Å². The van der Waals surface area contributed by atoms with Gasteiger partial charge in [0.2, 0.25) is 6.54 Å². The van der Waals surface area contributed by atoms with E-state index in [0.717, 1.165) is 6.42 Å². The van der Waals surface area contributed by atoms with Crippen molar-refractivity contribution < 1.29 is 14.5 Å². The van der Waals surface area contributed by atoms with Crippen molar-refractivity contribution in [2.75, 3.05) is 0 Å². The van der Waals surface area contributed by atoms with Gasteiger partial charge in [0.1, 0.15) is 0 Å². The number of nitrogens with zero attached hydrogens (tertiary/aromatic N) is 1. The van der Waals surface area contributed by atoms with Gasteiger partial charge in [-0.05, 0) is 18.4 Å². The van der Waals surface area contributed by atoms with Gasteiger partial charge in [-0.1, -0.05) is 13.8 Å². The highest BCUT2D eigenvalue weighted by molar-refractivity contribution is 5.64. The molecule has 0 bridgehead atoms. The van der Waals surface area contributed by atoms with E-state index < -0.39 is 5.97 Å². The van der Waals surface area contributed by atoms with Crippen LogP contribution < -0.4 is 4.57 Å². The van der Waals surface area contributed by atoms with Crippen LogP contribution in [0.5, 0.6) is 0 Å². The van der Waals surface area contributed by atoms with Crippen LogP contribution in [-0.4, -0.2) is 11.1 Å². The van der Waals surface area contributed by atoms with Crippen LogP contribution in [0.15, 0.2) is 24.5 Å². The van der Waals surface area contributed by atoms with E-state index in [9.17, 15) is 4.79 Å². The summed E-state index contributed by atoms with van der Waals surface area (Å²) in [5.74, 6) is -0.326. The number of aromatic nitrogens is 1. The average molecular weight is 194 g/mol. The van der Waals surface area contributed by atoms with Gasteiger partial charge >= 0.3 is 5.97 Å². The van der Waals surface area contributed by atoms with E-state index in [1.807, 2.05) is 18.3 Å². The number of hydrogen-bond donors (Lipinski definition) is 1. The molecule has 0 aliphatic heterocycles. The van der Waals surface area contributed by atoms with Crippen molar-refractivity contribution in [1.29, 1.82) is 0 Å². The molecule has 3 heteroatoms. The second kappa shape index (κ2) is 4.74. The van der Waals surface area contributed by atoms with Gasteiger partial charge in [0.25, 0.3) is 0 Å². The van der Waals surface area contributed by atoms with Gasteiger partial charge in [-0.3, -0.25) is 0 Å². The summed E-state index contributed by atoms with van der Waals surface area (Å²) in [4.78, 5) is 10.5. The number of carbonyl (C=O) groups is 1. The first-order valence-electron chi connectivity index (χ1n) is 4.84. The van der Waals surface area contributed by atoms with Crippen LogP contribution in [0.4, 0.5) is 0 Å². The third-order valence-electron chi connectivity index (χ3n) is 2.38. The van der Waals surface area contributed by atoms with Gasteiger partial charge in [0.05, 0.1) is 0 Å². The topological polar surface area (TPSA) is 41.2 Å². The van der Waals surface area contributed by atoms with Crippen LogP contribution in [0.1, 0.15) is 31.7 Å². The lowest BCUT2D eigenvalue weighted by molar-refractivity contribution is -0.686. The van der Waals surface area contributed by atoms with Crippen molar-refractivity contribution in [3.05, 3.63) is 30.1 Å². The molecule has 1 heterocycles. The van der Waals surface area contributed by atoms with Gasteiger partial charge in [-0.2, -0.15) is 4.57 Å². The van der Waals surface area contributed by atoms with Crippen LogP contribution in [-0.2, 0) is 11.3 Å². The maximum Gasteiger partial charge on any atom is 0.370 e. The van der Waals surface area contributed by atoms with E-state index in [2.05, 4.69) is 13.8 Å².